The molecule has 1 aromatic carbocycles. The van der Waals surface area contributed by atoms with Crippen molar-refractivity contribution in [2.75, 3.05) is 11.1 Å². The Balaban J connectivity index is 1.48. The van der Waals surface area contributed by atoms with Crippen molar-refractivity contribution in [1.82, 2.24) is 9.97 Å². The zero-order valence-corrected chi connectivity index (χ0v) is 16.3. The molecule has 0 bridgehead atoms. The predicted octanol–water partition coefficient (Wildman–Crippen LogP) is 4.56. The van der Waals surface area contributed by atoms with Crippen LogP contribution in [-0.4, -0.2) is 21.6 Å². The number of aromatic nitrogens is 2. The Labute approximate surface area is 165 Å². The molecule has 27 heavy (non-hydrogen) atoms. The highest BCUT2D eigenvalue weighted by atomic mass is 32.2. The molecular weight excluding hydrogens is 376 g/mol. The molecule has 1 amide bonds. The second-order valence-electron chi connectivity index (χ2n) is 6.41. The summed E-state index contributed by atoms with van der Waals surface area (Å²) in [5.41, 5.74) is 2.66. The maximum atomic E-state index is 12.5. The first kappa shape index (κ1) is 18.0. The number of thiophene rings is 1. The van der Waals surface area contributed by atoms with Crippen LogP contribution in [0.3, 0.4) is 0 Å². The molecule has 0 fully saturated rings. The maximum Gasteiger partial charge on any atom is 0.235 e. The Kier molecular flexibility index (Phi) is 5.37. The van der Waals surface area contributed by atoms with Gasteiger partial charge in [0.05, 0.1) is 16.8 Å². The van der Waals surface area contributed by atoms with Crippen LogP contribution < -0.4 is 5.32 Å². The van der Waals surface area contributed by atoms with Crippen LogP contribution in [0.4, 0.5) is 5.00 Å². The molecule has 0 atom stereocenters. The lowest BCUT2D eigenvalue weighted by molar-refractivity contribution is -0.113. The Hall–Kier alpha value is -2.43. The van der Waals surface area contributed by atoms with Crippen molar-refractivity contribution in [2.45, 2.75) is 37.1 Å². The Morgan fingerprint density at radius 1 is 1.22 bits per heavy atom. The molecular formula is C20H18N4OS2. The van der Waals surface area contributed by atoms with E-state index in [1.54, 1.807) is 11.3 Å². The molecule has 0 spiro atoms. The zero-order valence-electron chi connectivity index (χ0n) is 14.7. The maximum absolute atomic E-state index is 12.5. The molecule has 0 aliphatic heterocycles. The number of nitrogens with one attached hydrogen (secondary N) is 1. The van der Waals surface area contributed by atoms with Gasteiger partial charge in [-0.05, 0) is 37.3 Å². The molecule has 4 rings (SSSR count). The van der Waals surface area contributed by atoms with E-state index in [0.717, 1.165) is 47.2 Å². The van der Waals surface area contributed by atoms with Crippen molar-refractivity contribution in [3.8, 4) is 6.07 Å². The third-order valence-electron chi connectivity index (χ3n) is 4.63. The fourth-order valence-electron chi connectivity index (χ4n) is 3.34. The molecule has 0 radical (unpaired) electrons. The summed E-state index contributed by atoms with van der Waals surface area (Å²) >= 11 is 2.95. The summed E-state index contributed by atoms with van der Waals surface area (Å²) in [5, 5.41) is 15.0. The average Bonchev–Trinajstić information content (AvgIpc) is 2.85. The lowest BCUT2D eigenvalue weighted by atomic mass is 10.1. The summed E-state index contributed by atoms with van der Waals surface area (Å²) in [4.78, 5) is 22.3. The van der Waals surface area contributed by atoms with E-state index in [0.29, 0.717) is 10.6 Å². The van der Waals surface area contributed by atoms with Crippen molar-refractivity contribution >= 4 is 44.9 Å². The van der Waals surface area contributed by atoms with E-state index in [4.69, 9.17) is 0 Å². The number of nitrogens with zero attached hydrogens (tertiary/aromatic N) is 3. The number of rotatable bonds is 4. The third-order valence-corrected chi connectivity index (χ3v) is 6.84. The monoisotopic (exact) mass is 394 g/mol. The molecule has 0 saturated heterocycles. The van der Waals surface area contributed by atoms with Crippen molar-refractivity contribution in [3.05, 3.63) is 46.6 Å². The lowest BCUT2D eigenvalue weighted by Crippen LogP contribution is -2.14. The summed E-state index contributed by atoms with van der Waals surface area (Å²) in [6.45, 7) is 0. The molecule has 1 aliphatic carbocycles. The van der Waals surface area contributed by atoms with Crippen LogP contribution in [0.25, 0.3) is 10.9 Å². The highest BCUT2D eigenvalue weighted by Gasteiger charge is 2.21. The summed E-state index contributed by atoms with van der Waals surface area (Å²) < 4.78 is 0. The number of thioether (sulfide) groups is 1. The van der Waals surface area contributed by atoms with Gasteiger partial charge in [0, 0.05) is 10.3 Å². The fraction of sp³-hybridized carbons (Fsp3) is 0.300. The number of amides is 1. The largest absolute Gasteiger partial charge is 0.316 e. The first-order valence-electron chi connectivity index (χ1n) is 8.93. The number of nitriles is 1. The summed E-state index contributed by atoms with van der Waals surface area (Å²) in [6.07, 6.45) is 6.94. The Morgan fingerprint density at radius 3 is 2.96 bits per heavy atom. The van der Waals surface area contributed by atoms with Gasteiger partial charge < -0.3 is 5.32 Å². The van der Waals surface area contributed by atoms with Crippen LogP contribution in [0.5, 0.6) is 0 Å². The first-order valence-corrected chi connectivity index (χ1v) is 10.7. The number of carbonyl (C=O) groups excluding carboxylic acids is 1. The van der Waals surface area contributed by atoms with Crippen LogP contribution in [0.2, 0.25) is 0 Å². The van der Waals surface area contributed by atoms with Crippen molar-refractivity contribution in [1.29, 1.82) is 5.26 Å². The van der Waals surface area contributed by atoms with Gasteiger partial charge in [0.15, 0.2) is 0 Å². The molecule has 136 valence electrons. The minimum Gasteiger partial charge on any atom is -0.316 e. The van der Waals surface area contributed by atoms with E-state index in [2.05, 4.69) is 21.4 Å². The second-order valence-corrected chi connectivity index (χ2v) is 8.48. The Morgan fingerprint density at radius 2 is 2.07 bits per heavy atom. The van der Waals surface area contributed by atoms with Crippen molar-refractivity contribution in [3.63, 3.8) is 0 Å². The van der Waals surface area contributed by atoms with Gasteiger partial charge in [-0.3, -0.25) is 4.79 Å². The van der Waals surface area contributed by atoms with Crippen LogP contribution in [0.1, 0.15) is 35.3 Å². The van der Waals surface area contributed by atoms with Crippen LogP contribution in [-0.2, 0) is 17.6 Å². The number of para-hydroxylation sites is 1. The minimum absolute atomic E-state index is 0.115. The number of fused-ring (bicyclic) bond motifs is 2. The number of hydrogen-bond donors (Lipinski definition) is 1. The predicted molar refractivity (Wildman–Crippen MR) is 109 cm³/mol. The number of anilines is 1. The molecule has 1 aliphatic rings. The number of carbonyl (C=O) groups is 1. The highest BCUT2D eigenvalue weighted by Crippen LogP contribution is 2.37. The normalized spacial score (nSPS) is 13.6. The Bertz CT molecular complexity index is 1030. The van der Waals surface area contributed by atoms with E-state index in [9.17, 15) is 10.1 Å². The van der Waals surface area contributed by atoms with Gasteiger partial charge in [-0.15, -0.1) is 11.3 Å². The standard InChI is InChI=1S/C20H18N4OS2/c21-10-15-13-6-2-1-3-9-17(13)27-20(15)24-18(25)11-26-19-14-7-4-5-8-16(14)22-12-23-19/h4-5,7-8,12H,1-3,6,9,11H2,(H,24,25). The molecule has 2 heterocycles. The second kappa shape index (κ2) is 8.07. The molecule has 0 unspecified atom stereocenters. The van der Waals surface area contributed by atoms with E-state index < -0.39 is 0 Å². The van der Waals surface area contributed by atoms with E-state index in [-0.39, 0.29) is 11.7 Å². The van der Waals surface area contributed by atoms with Gasteiger partial charge in [-0.25, -0.2) is 9.97 Å². The van der Waals surface area contributed by atoms with Gasteiger partial charge in [0.1, 0.15) is 22.4 Å². The number of aryl methyl sites for hydroxylation is 1. The number of benzene rings is 1. The smallest absolute Gasteiger partial charge is 0.235 e. The van der Waals surface area contributed by atoms with E-state index in [1.165, 1.54) is 29.4 Å². The molecule has 7 heteroatoms. The molecule has 2 aromatic heterocycles. The summed E-state index contributed by atoms with van der Waals surface area (Å²) in [7, 11) is 0. The molecule has 1 N–H and O–H groups in total. The highest BCUT2D eigenvalue weighted by molar-refractivity contribution is 8.00. The summed E-state index contributed by atoms with van der Waals surface area (Å²) in [6, 6.07) is 10.1. The van der Waals surface area contributed by atoms with Gasteiger partial charge >= 0.3 is 0 Å². The number of hydrogen-bond acceptors (Lipinski definition) is 6. The lowest BCUT2D eigenvalue weighted by Gasteiger charge is -2.06. The summed E-state index contributed by atoms with van der Waals surface area (Å²) in [5.74, 6) is 0.129. The molecule has 3 aromatic rings. The van der Waals surface area contributed by atoms with E-state index >= 15 is 0 Å². The van der Waals surface area contributed by atoms with Gasteiger partial charge in [0.2, 0.25) is 5.91 Å². The zero-order chi connectivity index (χ0) is 18.6. The first-order chi connectivity index (χ1) is 13.3. The van der Waals surface area contributed by atoms with Crippen molar-refractivity contribution in [2.24, 2.45) is 0 Å². The minimum atomic E-state index is -0.115. The van der Waals surface area contributed by atoms with Gasteiger partial charge in [-0.1, -0.05) is 36.4 Å². The van der Waals surface area contributed by atoms with Crippen LogP contribution in [0.15, 0.2) is 35.6 Å². The quantitative estimate of drug-likeness (QED) is 0.399. The van der Waals surface area contributed by atoms with Crippen LogP contribution >= 0.6 is 23.1 Å². The van der Waals surface area contributed by atoms with Crippen molar-refractivity contribution < 1.29 is 4.79 Å². The topological polar surface area (TPSA) is 78.7 Å². The molecule has 5 nitrogen and oxygen atoms in total. The van der Waals surface area contributed by atoms with Gasteiger partial charge in [0.25, 0.3) is 0 Å². The fourth-order valence-corrected chi connectivity index (χ4v) is 5.39. The van der Waals surface area contributed by atoms with E-state index in [1.807, 2.05) is 24.3 Å². The molecule has 0 saturated carbocycles. The van der Waals surface area contributed by atoms with Gasteiger partial charge in [-0.2, -0.15) is 5.26 Å². The third kappa shape index (κ3) is 3.82. The van der Waals surface area contributed by atoms with Crippen LogP contribution in [0, 0.1) is 11.3 Å². The SMILES string of the molecule is N#Cc1c(NC(=O)CSc2ncnc3ccccc23)sc2c1CCCCC2. The average molecular weight is 395 g/mol.